The molecule has 0 radical (unpaired) electrons. The fourth-order valence-corrected chi connectivity index (χ4v) is 5.47. The third kappa shape index (κ3) is 3.04. The summed E-state index contributed by atoms with van der Waals surface area (Å²) in [5.74, 6) is -0.0367. The molecule has 2 amide bonds. The minimum absolute atomic E-state index is 0.0955. The summed E-state index contributed by atoms with van der Waals surface area (Å²) in [6.07, 6.45) is 5.73. The molecular weight excluding hydrogens is 410 g/mol. The molecule has 166 valence electrons. The average molecular weight is 435 g/mol. The number of piperidine rings is 1. The van der Waals surface area contributed by atoms with Crippen LogP contribution in [0.2, 0.25) is 0 Å². The lowest BCUT2D eigenvalue weighted by Gasteiger charge is -2.55. The lowest BCUT2D eigenvalue weighted by atomic mass is 9.78. The van der Waals surface area contributed by atoms with Gasteiger partial charge in [-0.3, -0.25) is 19.4 Å². The van der Waals surface area contributed by atoms with Gasteiger partial charge in [0, 0.05) is 36.1 Å². The number of aromatic nitrogens is 1. The molecule has 8 heteroatoms. The van der Waals surface area contributed by atoms with Crippen LogP contribution < -0.4 is 9.47 Å². The quantitative estimate of drug-likeness (QED) is 0.540. The summed E-state index contributed by atoms with van der Waals surface area (Å²) in [4.78, 5) is 47.3. The Labute approximate surface area is 186 Å². The number of pyridine rings is 1. The molecule has 2 bridgehead atoms. The van der Waals surface area contributed by atoms with Crippen molar-refractivity contribution in [1.29, 1.82) is 0 Å². The van der Waals surface area contributed by atoms with Crippen LogP contribution in [0.3, 0.4) is 0 Å². The molecule has 2 saturated heterocycles. The largest absolute Gasteiger partial charge is 0.497 e. The van der Waals surface area contributed by atoms with Gasteiger partial charge >= 0.3 is 0 Å². The molecule has 8 nitrogen and oxygen atoms in total. The van der Waals surface area contributed by atoms with Crippen LogP contribution in [0.15, 0.2) is 36.7 Å². The third-order valence-electron chi connectivity index (χ3n) is 6.87. The number of benzene rings is 1. The lowest BCUT2D eigenvalue weighted by Crippen LogP contribution is -2.68. The van der Waals surface area contributed by atoms with E-state index < -0.39 is 17.7 Å². The molecule has 0 saturated carbocycles. The molecule has 0 aliphatic carbocycles. The van der Waals surface area contributed by atoms with Crippen molar-refractivity contribution >= 4 is 17.6 Å². The van der Waals surface area contributed by atoms with Crippen LogP contribution in [0.5, 0.6) is 11.5 Å². The van der Waals surface area contributed by atoms with Gasteiger partial charge in [-0.2, -0.15) is 0 Å². The van der Waals surface area contributed by atoms with E-state index in [1.165, 1.54) is 6.20 Å². The van der Waals surface area contributed by atoms with Crippen LogP contribution in [0.1, 0.15) is 46.8 Å². The number of Topliss-reactive ketones (excluding diaryl/α,β-unsaturated/α-hetero) is 1. The maximum atomic E-state index is 13.5. The molecule has 32 heavy (non-hydrogen) atoms. The fourth-order valence-electron chi connectivity index (χ4n) is 5.47. The number of ketones is 1. The minimum atomic E-state index is -0.639. The summed E-state index contributed by atoms with van der Waals surface area (Å²) in [5.41, 5.74) is 2.19. The molecule has 5 rings (SSSR count). The topological polar surface area (TPSA) is 89.0 Å². The zero-order valence-corrected chi connectivity index (χ0v) is 18.1. The zero-order valence-electron chi connectivity index (χ0n) is 18.1. The molecule has 2 aromatic rings. The van der Waals surface area contributed by atoms with Crippen LogP contribution in [0, 0.1) is 0 Å². The van der Waals surface area contributed by atoms with Gasteiger partial charge in [0.1, 0.15) is 17.5 Å². The molecule has 1 unspecified atom stereocenters. The Kier molecular flexibility index (Phi) is 5.07. The van der Waals surface area contributed by atoms with Crippen molar-refractivity contribution in [3.8, 4) is 11.5 Å². The van der Waals surface area contributed by atoms with Crippen molar-refractivity contribution in [3.05, 3.63) is 53.3 Å². The number of hydrogen-bond donors (Lipinski definition) is 0. The fraction of sp³-hybridized carbons (Fsp3) is 0.417. The van der Waals surface area contributed by atoms with E-state index in [1.54, 1.807) is 37.4 Å². The summed E-state index contributed by atoms with van der Waals surface area (Å²) >= 11 is 0. The maximum absolute atomic E-state index is 13.5. The van der Waals surface area contributed by atoms with E-state index in [9.17, 15) is 14.4 Å². The number of rotatable bonds is 4. The van der Waals surface area contributed by atoms with Gasteiger partial charge in [0.15, 0.2) is 0 Å². The second kappa shape index (κ2) is 7.93. The smallest absolute Gasteiger partial charge is 0.296 e. The van der Waals surface area contributed by atoms with Gasteiger partial charge in [-0.1, -0.05) is 0 Å². The summed E-state index contributed by atoms with van der Waals surface area (Å²) in [5, 5.41) is 0. The van der Waals surface area contributed by atoms with Crippen LogP contribution in [-0.4, -0.2) is 65.2 Å². The number of ether oxygens (including phenoxy) is 2. The Bertz CT molecular complexity index is 1070. The number of fused-ring (bicyclic) bond motifs is 6. The van der Waals surface area contributed by atoms with Gasteiger partial charge in [0.2, 0.25) is 5.91 Å². The molecule has 2 fully saturated rings. The third-order valence-corrected chi connectivity index (χ3v) is 6.87. The molecule has 0 N–H and O–H groups in total. The number of methoxy groups -OCH3 is 2. The number of carbonyl (C=O) groups excluding carboxylic acids is 3. The molecule has 3 aliphatic rings. The van der Waals surface area contributed by atoms with Crippen molar-refractivity contribution in [2.24, 2.45) is 0 Å². The first-order valence-corrected chi connectivity index (χ1v) is 10.9. The van der Waals surface area contributed by atoms with E-state index in [1.807, 2.05) is 17.0 Å². The van der Waals surface area contributed by atoms with Crippen LogP contribution in [-0.2, 0) is 16.0 Å². The molecule has 0 spiro atoms. The number of carbonyl (C=O) groups is 3. The van der Waals surface area contributed by atoms with Gasteiger partial charge in [-0.25, -0.2) is 0 Å². The van der Waals surface area contributed by atoms with Gasteiger partial charge in [0.25, 0.3) is 11.7 Å². The second-order valence-electron chi connectivity index (χ2n) is 8.43. The Balaban J connectivity index is 1.59. The Hall–Kier alpha value is -3.42. The van der Waals surface area contributed by atoms with E-state index in [0.29, 0.717) is 37.3 Å². The standard InChI is InChI=1S/C24H25N3O5/c1-31-16-11-14-8-10-26-21(20(14)19(12-16)32-2)17-6-3-7-18(23(26)29)27(17)24(30)22(28)15-5-4-9-25-13-15/h4-5,9,11-13,17-18,21H,3,6-8,10H2,1-2H3/t17-,18+,21?/m1/s1. The molecule has 1 aromatic carbocycles. The average Bonchev–Trinajstić information content (AvgIpc) is 2.85. The van der Waals surface area contributed by atoms with Crippen LogP contribution >= 0.6 is 0 Å². The first-order valence-electron chi connectivity index (χ1n) is 10.9. The van der Waals surface area contributed by atoms with E-state index in [2.05, 4.69) is 4.98 Å². The highest BCUT2D eigenvalue weighted by Crippen LogP contribution is 2.48. The first kappa shape index (κ1) is 20.5. The van der Waals surface area contributed by atoms with E-state index in [-0.39, 0.29) is 23.6 Å². The molecule has 1 aromatic heterocycles. The zero-order chi connectivity index (χ0) is 22.4. The Morgan fingerprint density at radius 1 is 1.16 bits per heavy atom. The van der Waals surface area contributed by atoms with Crippen molar-refractivity contribution in [3.63, 3.8) is 0 Å². The molecular formula is C24H25N3O5. The summed E-state index contributed by atoms with van der Waals surface area (Å²) in [6.45, 7) is 0.568. The van der Waals surface area contributed by atoms with Crippen molar-refractivity contribution in [2.75, 3.05) is 20.8 Å². The predicted octanol–water partition coefficient (Wildman–Crippen LogP) is 2.17. The number of piperazine rings is 1. The Morgan fingerprint density at radius 3 is 2.72 bits per heavy atom. The number of nitrogens with zero attached hydrogens (tertiary/aromatic N) is 3. The van der Waals surface area contributed by atoms with Crippen molar-refractivity contribution in [2.45, 2.75) is 43.8 Å². The highest BCUT2D eigenvalue weighted by atomic mass is 16.5. The van der Waals surface area contributed by atoms with Crippen molar-refractivity contribution in [1.82, 2.24) is 14.8 Å². The first-order chi connectivity index (χ1) is 15.5. The molecule has 3 atom stereocenters. The predicted molar refractivity (Wildman–Crippen MR) is 115 cm³/mol. The summed E-state index contributed by atoms with van der Waals surface area (Å²) in [6, 6.07) is 5.74. The number of amides is 2. The van der Waals surface area contributed by atoms with E-state index >= 15 is 0 Å². The van der Waals surface area contributed by atoms with Crippen LogP contribution in [0.4, 0.5) is 0 Å². The highest BCUT2D eigenvalue weighted by molar-refractivity contribution is 6.43. The monoisotopic (exact) mass is 435 g/mol. The highest BCUT2D eigenvalue weighted by Gasteiger charge is 2.54. The molecule has 3 aliphatic heterocycles. The van der Waals surface area contributed by atoms with E-state index in [4.69, 9.17) is 9.47 Å². The van der Waals surface area contributed by atoms with Gasteiger partial charge in [-0.05, 0) is 49.4 Å². The maximum Gasteiger partial charge on any atom is 0.296 e. The van der Waals surface area contributed by atoms with Crippen molar-refractivity contribution < 1.29 is 23.9 Å². The van der Waals surface area contributed by atoms with Gasteiger partial charge in [-0.15, -0.1) is 0 Å². The summed E-state index contributed by atoms with van der Waals surface area (Å²) < 4.78 is 11.1. The normalized spacial score (nSPS) is 23.8. The van der Waals surface area contributed by atoms with Gasteiger partial charge in [0.05, 0.1) is 26.3 Å². The van der Waals surface area contributed by atoms with E-state index in [0.717, 1.165) is 17.5 Å². The second-order valence-corrected chi connectivity index (χ2v) is 8.43. The van der Waals surface area contributed by atoms with Crippen LogP contribution in [0.25, 0.3) is 0 Å². The SMILES string of the molecule is COc1cc2c(c(OC)c1)C1[C@H]3CCC[C@@H](C(=O)N1CC2)N3C(=O)C(=O)c1cccnc1. The molecule has 4 heterocycles. The van der Waals surface area contributed by atoms with Gasteiger partial charge < -0.3 is 19.3 Å². The Morgan fingerprint density at radius 2 is 2.00 bits per heavy atom. The lowest BCUT2D eigenvalue weighted by molar-refractivity contribution is -0.164. The summed E-state index contributed by atoms with van der Waals surface area (Å²) in [7, 11) is 3.20. The number of hydrogen-bond acceptors (Lipinski definition) is 6. The minimum Gasteiger partial charge on any atom is -0.497 e.